The van der Waals surface area contributed by atoms with Gasteiger partial charge in [-0.25, -0.2) is 4.98 Å². The van der Waals surface area contributed by atoms with E-state index < -0.39 is 0 Å². The third-order valence-corrected chi connectivity index (χ3v) is 6.51. The number of hydrogen-bond donors (Lipinski definition) is 0. The Morgan fingerprint density at radius 1 is 1.00 bits per heavy atom. The van der Waals surface area contributed by atoms with E-state index in [4.69, 9.17) is 9.15 Å². The van der Waals surface area contributed by atoms with Crippen molar-refractivity contribution in [3.05, 3.63) is 36.2 Å². The van der Waals surface area contributed by atoms with E-state index in [1.807, 2.05) is 24.3 Å². The fourth-order valence-corrected chi connectivity index (χ4v) is 4.59. The fraction of sp³-hybridized carbons (Fsp3) is 0.625. The molecule has 5 nitrogen and oxygen atoms in total. The van der Waals surface area contributed by atoms with E-state index in [1.54, 1.807) is 6.26 Å². The number of piperidine rings is 1. The topological polar surface area (TPSA) is 41.7 Å². The summed E-state index contributed by atoms with van der Waals surface area (Å²) in [5, 5.41) is 0. The van der Waals surface area contributed by atoms with Crippen molar-refractivity contribution >= 4 is 0 Å². The molecule has 0 saturated carbocycles. The van der Waals surface area contributed by atoms with Gasteiger partial charge in [0.05, 0.1) is 12.3 Å². The fourth-order valence-electron chi connectivity index (χ4n) is 4.59. The SMILES string of the molecule is CC1CCCCN1CCCOc1ccc(-c2nc(CN3CCCC3C)co2)cc1. The standard InChI is InChI=1S/C24H35N3O2/c1-19-7-3-4-13-26(19)15-6-16-28-23-11-9-21(10-12-23)24-25-22(18-29-24)17-27-14-5-8-20(27)2/h9-12,18-20H,3-8,13-17H2,1-2H3. The molecule has 1 aromatic heterocycles. The van der Waals surface area contributed by atoms with Crippen LogP contribution in [0.5, 0.6) is 5.75 Å². The number of ether oxygens (including phenoxy) is 1. The molecular weight excluding hydrogens is 362 g/mol. The first-order valence-electron chi connectivity index (χ1n) is 11.3. The second kappa shape index (κ2) is 9.77. The van der Waals surface area contributed by atoms with Gasteiger partial charge >= 0.3 is 0 Å². The van der Waals surface area contributed by atoms with Gasteiger partial charge in [-0.05, 0) is 83.3 Å². The molecule has 158 valence electrons. The molecule has 0 radical (unpaired) electrons. The summed E-state index contributed by atoms with van der Waals surface area (Å²) >= 11 is 0. The molecule has 5 heteroatoms. The Morgan fingerprint density at radius 3 is 2.52 bits per heavy atom. The first-order chi connectivity index (χ1) is 14.2. The first-order valence-corrected chi connectivity index (χ1v) is 11.3. The molecule has 2 aromatic rings. The molecule has 2 unspecified atom stereocenters. The minimum atomic E-state index is 0.643. The highest BCUT2D eigenvalue weighted by Gasteiger charge is 2.21. The van der Waals surface area contributed by atoms with Crippen molar-refractivity contribution in [2.45, 2.75) is 71.0 Å². The van der Waals surface area contributed by atoms with Crippen LogP contribution in [0, 0.1) is 0 Å². The zero-order chi connectivity index (χ0) is 20.1. The highest BCUT2D eigenvalue weighted by atomic mass is 16.5. The molecule has 29 heavy (non-hydrogen) atoms. The lowest BCUT2D eigenvalue weighted by molar-refractivity contribution is 0.148. The third kappa shape index (κ3) is 5.40. The molecule has 1 aromatic carbocycles. The van der Waals surface area contributed by atoms with Crippen LogP contribution in [-0.2, 0) is 6.54 Å². The van der Waals surface area contributed by atoms with Crippen LogP contribution in [0.25, 0.3) is 11.5 Å². The molecule has 3 heterocycles. The van der Waals surface area contributed by atoms with E-state index in [9.17, 15) is 0 Å². The Hall–Kier alpha value is -1.85. The summed E-state index contributed by atoms with van der Waals surface area (Å²) in [6, 6.07) is 9.48. The molecule has 2 atom stereocenters. The van der Waals surface area contributed by atoms with Crippen LogP contribution in [0.3, 0.4) is 0 Å². The van der Waals surface area contributed by atoms with Crippen LogP contribution in [-0.4, -0.2) is 53.1 Å². The maximum absolute atomic E-state index is 5.94. The van der Waals surface area contributed by atoms with E-state index in [0.29, 0.717) is 11.9 Å². The number of oxazole rings is 1. The van der Waals surface area contributed by atoms with Gasteiger partial charge in [0, 0.05) is 30.7 Å². The summed E-state index contributed by atoms with van der Waals surface area (Å²) in [5.74, 6) is 1.61. The van der Waals surface area contributed by atoms with Crippen molar-refractivity contribution in [3.63, 3.8) is 0 Å². The number of aromatic nitrogens is 1. The lowest BCUT2D eigenvalue weighted by atomic mass is 10.0. The van der Waals surface area contributed by atoms with Crippen molar-refractivity contribution in [3.8, 4) is 17.2 Å². The van der Waals surface area contributed by atoms with Crippen LogP contribution in [0.1, 0.15) is 58.1 Å². The molecule has 2 aliphatic rings. The highest BCUT2D eigenvalue weighted by Crippen LogP contribution is 2.24. The van der Waals surface area contributed by atoms with Gasteiger partial charge in [-0.15, -0.1) is 0 Å². The summed E-state index contributed by atoms with van der Waals surface area (Å²) < 4.78 is 11.7. The molecule has 0 bridgehead atoms. The predicted molar refractivity (Wildman–Crippen MR) is 116 cm³/mol. The van der Waals surface area contributed by atoms with Crippen LogP contribution >= 0.6 is 0 Å². The number of likely N-dealkylation sites (tertiary alicyclic amines) is 2. The Bertz CT molecular complexity index is 758. The van der Waals surface area contributed by atoms with Crippen molar-refractivity contribution in [1.29, 1.82) is 0 Å². The summed E-state index contributed by atoms with van der Waals surface area (Å²) in [5.41, 5.74) is 2.02. The van der Waals surface area contributed by atoms with Gasteiger partial charge in [-0.2, -0.15) is 0 Å². The zero-order valence-corrected chi connectivity index (χ0v) is 18.0. The largest absolute Gasteiger partial charge is 0.494 e. The van der Waals surface area contributed by atoms with E-state index in [0.717, 1.165) is 55.7 Å². The molecule has 0 spiro atoms. The average molecular weight is 398 g/mol. The molecular formula is C24H35N3O2. The molecule has 0 amide bonds. The maximum Gasteiger partial charge on any atom is 0.226 e. The van der Waals surface area contributed by atoms with E-state index >= 15 is 0 Å². The summed E-state index contributed by atoms with van der Waals surface area (Å²) in [7, 11) is 0. The number of rotatable bonds is 8. The normalized spacial score (nSPS) is 23.5. The minimum absolute atomic E-state index is 0.643. The van der Waals surface area contributed by atoms with Crippen molar-refractivity contribution in [2.75, 3.05) is 26.2 Å². The number of hydrogen-bond acceptors (Lipinski definition) is 5. The van der Waals surface area contributed by atoms with Crippen molar-refractivity contribution < 1.29 is 9.15 Å². The van der Waals surface area contributed by atoms with Crippen molar-refractivity contribution in [1.82, 2.24) is 14.8 Å². The van der Waals surface area contributed by atoms with Crippen LogP contribution in [0.4, 0.5) is 0 Å². The number of nitrogens with zero attached hydrogens (tertiary/aromatic N) is 3. The molecule has 0 N–H and O–H groups in total. The first kappa shape index (κ1) is 20.4. The zero-order valence-electron chi connectivity index (χ0n) is 18.0. The predicted octanol–water partition coefficient (Wildman–Crippen LogP) is 4.97. The third-order valence-electron chi connectivity index (χ3n) is 6.51. The Balaban J connectivity index is 1.24. The van der Waals surface area contributed by atoms with E-state index in [1.165, 1.54) is 38.6 Å². The average Bonchev–Trinajstić information content (AvgIpc) is 3.37. The lowest BCUT2D eigenvalue weighted by Crippen LogP contribution is -2.38. The van der Waals surface area contributed by atoms with Gasteiger partial charge in [0.1, 0.15) is 12.0 Å². The summed E-state index contributed by atoms with van der Waals surface area (Å²) in [4.78, 5) is 9.76. The van der Waals surface area contributed by atoms with Gasteiger partial charge in [-0.3, -0.25) is 4.90 Å². The minimum Gasteiger partial charge on any atom is -0.494 e. The summed E-state index contributed by atoms with van der Waals surface area (Å²) in [6.45, 7) is 9.81. The molecule has 0 aliphatic carbocycles. The second-order valence-electron chi connectivity index (χ2n) is 8.71. The molecule has 2 aliphatic heterocycles. The number of benzene rings is 1. The van der Waals surface area contributed by atoms with Crippen molar-refractivity contribution in [2.24, 2.45) is 0 Å². The second-order valence-corrected chi connectivity index (χ2v) is 8.71. The van der Waals surface area contributed by atoms with Crippen LogP contribution in [0.15, 0.2) is 34.9 Å². The van der Waals surface area contributed by atoms with Gasteiger partial charge in [0.25, 0.3) is 0 Å². The smallest absolute Gasteiger partial charge is 0.226 e. The van der Waals surface area contributed by atoms with Gasteiger partial charge in [0.15, 0.2) is 0 Å². The Morgan fingerprint density at radius 2 is 1.76 bits per heavy atom. The quantitative estimate of drug-likeness (QED) is 0.588. The van der Waals surface area contributed by atoms with Crippen LogP contribution in [0.2, 0.25) is 0 Å². The van der Waals surface area contributed by atoms with E-state index in [2.05, 4.69) is 28.6 Å². The summed E-state index contributed by atoms with van der Waals surface area (Å²) in [6.07, 6.45) is 9.49. The Kier molecular flexibility index (Phi) is 6.88. The molecule has 2 saturated heterocycles. The van der Waals surface area contributed by atoms with Crippen LogP contribution < -0.4 is 4.74 Å². The van der Waals surface area contributed by atoms with Gasteiger partial charge in [0.2, 0.25) is 5.89 Å². The lowest BCUT2D eigenvalue weighted by Gasteiger charge is -2.33. The highest BCUT2D eigenvalue weighted by molar-refractivity contribution is 5.54. The van der Waals surface area contributed by atoms with E-state index in [-0.39, 0.29) is 0 Å². The molecule has 4 rings (SSSR count). The van der Waals surface area contributed by atoms with Gasteiger partial charge < -0.3 is 14.1 Å². The maximum atomic E-state index is 5.94. The Labute approximate surface area is 175 Å². The van der Waals surface area contributed by atoms with Gasteiger partial charge in [-0.1, -0.05) is 6.42 Å². The monoisotopic (exact) mass is 397 g/mol. The molecule has 2 fully saturated rings.